The Morgan fingerprint density at radius 2 is 0.615 bits per heavy atom. The van der Waals surface area contributed by atoms with Crippen LogP contribution in [0.5, 0.6) is 0 Å². The lowest BCUT2D eigenvalue weighted by atomic mass is 10.0. The van der Waals surface area contributed by atoms with Crippen molar-refractivity contribution in [3.05, 3.63) is 0 Å². The van der Waals surface area contributed by atoms with Crippen LogP contribution in [0.25, 0.3) is 0 Å². The number of unbranched alkanes of at least 4 members (excludes halogenated alkanes) is 22. The van der Waals surface area contributed by atoms with Gasteiger partial charge in [-0.15, -0.1) is 0 Å². The minimum atomic E-state index is 0.985. The number of rotatable bonds is 23. The largest absolute Gasteiger partial charge is 0.313 e. The summed E-state index contributed by atoms with van der Waals surface area (Å²) < 4.78 is 0. The molecule has 0 aliphatic carbocycles. The van der Waals surface area contributed by atoms with E-state index in [1.165, 1.54) is 141 Å². The zero-order chi connectivity index (χ0) is 19.0. The fourth-order valence-electron chi connectivity index (χ4n) is 3.86. The second-order valence-corrected chi connectivity index (χ2v) is 8.42. The molecular formula is C25H51N. The van der Waals surface area contributed by atoms with E-state index in [9.17, 15) is 0 Å². The standard InChI is InChI=1S/C25H51N/c1-2-3-4-5-6-7-8-9-10-11-12-13-14-15-16-17-18-19-20-21-22-23-24-25-26/h25-26H,2-24H2,1H3. The molecule has 1 heteroatoms. The highest BCUT2D eigenvalue weighted by Gasteiger charge is 1.95. The lowest BCUT2D eigenvalue weighted by Gasteiger charge is -2.04. The van der Waals surface area contributed by atoms with Crippen molar-refractivity contribution in [2.45, 2.75) is 155 Å². The first kappa shape index (κ1) is 25.7. The summed E-state index contributed by atoms with van der Waals surface area (Å²) in [5.74, 6) is 0. The van der Waals surface area contributed by atoms with E-state index in [0.29, 0.717) is 0 Å². The van der Waals surface area contributed by atoms with Crippen LogP contribution in [-0.2, 0) is 0 Å². The van der Waals surface area contributed by atoms with Gasteiger partial charge >= 0.3 is 0 Å². The molecule has 0 spiro atoms. The fourth-order valence-corrected chi connectivity index (χ4v) is 3.86. The van der Waals surface area contributed by atoms with Crippen molar-refractivity contribution in [1.29, 1.82) is 5.41 Å². The number of hydrogen-bond donors (Lipinski definition) is 1. The van der Waals surface area contributed by atoms with Crippen molar-refractivity contribution >= 4 is 6.21 Å². The number of hydrogen-bond acceptors (Lipinski definition) is 1. The Balaban J connectivity index is 2.96. The second-order valence-electron chi connectivity index (χ2n) is 8.42. The van der Waals surface area contributed by atoms with E-state index in [4.69, 9.17) is 5.41 Å². The first-order chi connectivity index (χ1) is 12.9. The van der Waals surface area contributed by atoms with Crippen molar-refractivity contribution in [1.82, 2.24) is 0 Å². The van der Waals surface area contributed by atoms with Gasteiger partial charge in [-0.25, -0.2) is 0 Å². The minimum Gasteiger partial charge on any atom is -0.313 e. The van der Waals surface area contributed by atoms with Gasteiger partial charge in [-0.3, -0.25) is 0 Å². The molecule has 0 saturated heterocycles. The highest BCUT2D eigenvalue weighted by molar-refractivity contribution is 5.52. The van der Waals surface area contributed by atoms with E-state index in [1.807, 2.05) is 0 Å². The fraction of sp³-hybridized carbons (Fsp3) is 0.960. The summed E-state index contributed by atoms with van der Waals surface area (Å²) in [6, 6.07) is 0. The third-order valence-electron chi connectivity index (χ3n) is 5.70. The van der Waals surface area contributed by atoms with Crippen LogP contribution in [0.3, 0.4) is 0 Å². The molecule has 0 atom stereocenters. The monoisotopic (exact) mass is 365 g/mol. The van der Waals surface area contributed by atoms with Gasteiger partial charge in [0.25, 0.3) is 0 Å². The minimum absolute atomic E-state index is 0.985. The van der Waals surface area contributed by atoms with Gasteiger partial charge in [0.05, 0.1) is 0 Å². The molecule has 0 unspecified atom stereocenters. The van der Waals surface area contributed by atoms with Crippen LogP contribution in [-0.4, -0.2) is 6.21 Å². The first-order valence-electron chi connectivity index (χ1n) is 12.4. The molecule has 26 heavy (non-hydrogen) atoms. The highest BCUT2D eigenvalue weighted by Crippen LogP contribution is 2.15. The predicted octanol–water partition coefficient (Wildman–Crippen LogP) is 9.63. The maximum absolute atomic E-state index is 7.00. The van der Waals surface area contributed by atoms with Crippen molar-refractivity contribution < 1.29 is 0 Å². The molecule has 1 nitrogen and oxygen atoms in total. The molecule has 0 bridgehead atoms. The summed E-state index contributed by atoms with van der Waals surface area (Å²) in [7, 11) is 0. The van der Waals surface area contributed by atoms with Crippen LogP contribution in [0.2, 0.25) is 0 Å². The Hall–Kier alpha value is -0.330. The van der Waals surface area contributed by atoms with Gasteiger partial charge in [-0.1, -0.05) is 142 Å². The molecule has 1 N–H and O–H groups in total. The van der Waals surface area contributed by atoms with Crippen molar-refractivity contribution in [3.63, 3.8) is 0 Å². The van der Waals surface area contributed by atoms with E-state index in [0.717, 1.165) is 6.42 Å². The van der Waals surface area contributed by atoms with Crippen LogP contribution >= 0.6 is 0 Å². The van der Waals surface area contributed by atoms with Gasteiger partial charge < -0.3 is 5.41 Å². The van der Waals surface area contributed by atoms with Crippen LogP contribution in [0.4, 0.5) is 0 Å². The Kier molecular flexibility index (Phi) is 24.4. The maximum Gasteiger partial charge on any atom is -0.00477 e. The third-order valence-corrected chi connectivity index (χ3v) is 5.70. The Morgan fingerprint density at radius 3 is 0.846 bits per heavy atom. The van der Waals surface area contributed by atoms with E-state index < -0.39 is 0 Å². The van der Waals surface area contributed by atoms with Crippen molar-refractivity contribution in [3.8, 4) is 0 Å². The molecular weight excluding hydrogens is 314 g/mol. The SMILES string of the molecule is CCCCCCCCCCCCCCCCCCCCCCCCC=N. The summed E-state index contributed by atoms with van der Waals surface area (Å²) in [4.78, 5) is 0. The predicted molar refractivity (Wildman–Crippen MR) is 121 cm³/mol. The van der Waals surface area contributed by atoms with Crippen molar-refractivity contribution in [2.75, 3.05) is 0 Å². The van der Waals surface area contributed by atoms with E-state index >= 15 is 0 Å². The maximum atomic E-state index is 7.00. The zero-order valence-corrected chi connectivity index (χ0v) is 18.3. The quantitative estimate of drug-likeness (QED) is 0.138. The van der Waals surface area contributed by atoms with E-state index in [2.05, 4.69) is 6.92 Å². The van der Waals surface area contributed by atoms with Gasteiger partial charge in [-0.2, -0.15) is 0 Å². The van der Waals surface area contributed by atoms with Crippen LogP contribution in [0.1, 0.15) is 155 Å². The normalized spacial score (nSPS) is 11.1. The Morgan fingerprint density at radius 1 is 0.385 bits per heavy atom. The van der Waals surface area contributed by atoms with Gasteiger partial charge in [0.2, 0.25) is 0 Å². The average molecular weight is 366 g/mol. The van der Waals surface area contributed by atoms with Crippen molar-refractivity contribution in [2.24, 2.45) is 0 Å². The highest BCUT2D eigenvalue weighted by atomic mass is 14.3. The second kappa shape index (κ2) is 24.7. The molecule has 0 amide bonds. The van der Waals surface area contributed by atoms with Gasteiger partial charge in [0.1, 0.15) is 0 Å². The summed E-state index contributed by atoms with van der Waals surface area (Å²) >= 11 is 0. The third kappa shape index (κ3) is 23.7. The molecule has 0 radical (unpaired) electrons. The van der Waals surface area contributed by atoms with Crippen LogP contribution < -0.4 is 0 Å². The van der Waals surface area contributed by atoms with Gasteiger partial charge in [0.15, 0.2) is 0 Å². The topological polar surface area (TPSA) is 23.9 Å². The van der Waals surface area contributed by atoms with Crippen LogP contribution in [0.15, 0.2) is 0 Å². The van der Waals surface area contributed by atoms with Gasteiger partial charge in [-0.05, 0) is 19.1 Å². The van der Waals surface area contributed by atoms with E-state index in [-0.39, 0.29) is 0 Å². The summed E-state index contributed by atoms with van der Waals surface area (Å²) in [5, 5.41) is 7.00. The summed E-state index contributed by atoms with van der Waals surface area (Å²) in [6.07, 6.45) is 34.2. The molecule has 0 aromatic heterocycles. The molecule has 0 rings (SSSR count). The smallest absolute Gasteiger partial charge is 0.00477 e. The molecule has 0 aliphatic rings. The molecule has 0 aromatic carbocycles. The lowest BCUT2D eigenvalue weighted by molar-refractivity contribution is 0.519. The van der Waals surface area contributed by atoms with E-state index in [1.54, 1.807) is 6.21 Å². The van der Waals surface area contributed by atoms with Gasteiger partial charge in [0, 0.05) is 0 Å². The molecule has 156 valence electrons. The Bertz CT molecular complexity index is 249. The molecule has 0 fully saturated rings. The zero-order valence-electron chi connectivity index (χ0n) is 18.3. The molecule has 0 aliphatic heterocycles. The summed E-state index contributed by atoms with van der Waals surface area (Å²) in [5.41, 5.74) is 0. The summed E-state index contributed by atoms with van der Waals surface area (Å²) in [6.45, 7) is 2.30. The Labute approximate surface area is 166 Å². The lowest BCUT2D eigenvalue weighted by Crippen LogP contribution is -1.84. The molecule has 0 heterocycles. The number of nitrogens with one attached hydrogen (secondary N) is 1. The average Bonchev–Trinajstić information content (AvgIpc) is 2.66. The van der Waals surface area contributed by atoms with Crippen LogP contribution in [0, 0.1) is 5.41 Å². The molecule has 0 aromatic rings. The molecule has 0 saturated carbocycles. The first-order valence-corrected chi connectivity index (χ1v) is 12.4.